The van der Waals surface area contributed by atoms with Gasteiger partial charge in [-0.2, -0.15) is 0 Å². The molecule has 0 N–H and O–H groups in total. The molecule has 0 saturated carbocycles. The standard InChI is InChI=1S/C16H22O5/c1-4-14(16(18)20-11-10-19-5-2)21-15-9-7-6-8-13(15)12(3)17/h6-9,14H,4-5,10-11H2,1-3H3. The Morgan fingerprint density at radius 2 is 1.86 bits per heavy atom. The smallest absolute Gasteiger partial charge is 0.347 e. The molecule has 5 heteroatoms. The van der Waals surface area contributed by atoms with Gasteiger partial charge in [0.15, 0.2) is 11.9 Å². The Labute approximate surface area is 125 Å². The molecule has 0 saturated heterocycles. The van der Waals surface area contributed by atoms with Gasteiger partial charge in [0.2, 0.25) is 0 Å². The van der Waals surface area contributed by atoms with Crippen molar-refractivity contribution in [3.63, 3.8) is 0 Å². The van der Waals surface area contributed by atoms with E-state index in [1.807, 2.05) is 13.8 Å². The number of ketones is 1. The summed E-state index contributed by atoms with van der Waals surface area (Å²) in [6.07, 6.45) is -0.271. The summed E-state index contributed by atoms with van der Waals surface area (Å²) in [7, 11) is 0. The van der Waals surface area contributed by atoms with Crippen molar-refractivity contribution in [1.29, 1.82) is 0 Å². The normalized spacial score (nSPS) is 11.8. The monoisotopic (exact) mass is 294 g/mol. The molecule has 1 atom stereocenters. The predicted molar refractivity (Wildman–Crippen MR) is 78.6 cm³/mol. The lowest BCUT2D eigenvalue weighted by Crippen LogP contribution is -2.30. The fourth-order valence-electron chi connectivity index (χ4n) is 1.75. The highest BCUT2D eigenvalue weighted by molar-refractivity contribution is 5.96. The summed E-state index contributed by atoms with van der Waals surface area (Å²) in [5.41, 5.74) is 0.457. The van der Waals surface area contributed by atoms with Crippen LogP contribution in [0, 0.1) is 0 Å². The molecule has 0 aliphatic rings. The van der Waals surface area contributed by atoms with Gasteiger partial charge in [-0.25, -0.2) is 4.79 Å². The van der Waals surface area contributed by atoms with E-state index >= 15 is 0 Å². The lowest BCUT2D eigenvalue weighted by atomic mass is 10.1. The number of esters is 1. The first kappa shape index (κ1) is 17.2. The quantitative estimate of drug-likeness (QED) is 0.398. The number of carbonyl (C=O) groups is 2. The van der Waals surface area contributed by atoms with E-state index in [9.17, 15) is 9.59 Å². The Kier molecular flexibility index (Phi) is 7.46. The van der Waals surface area contributed by atoms with Gasteiger partial charge in [0.25, 0.3) is 0 Å². The molecule has 0 aliphatic heterocycles. The van der Waals surface area contributed by atoms with Crippen LogP contribution >= 0.6 is 0 Å². The minimum atomic E-state index is -0.730. The summed E-state index contributed by atoms with van der Waals surface area (Å²) in [6.45, 7) is 6.30. The van der Waals surface area contributed by atoms with Crippen LogP contribution in [0.5, 0.6) is 5.75 Å². The first-order valence-corrected chi connectivity index (χ1v) is 7.11. The predicted octanol–water partition coefficient (Wildman–Crippen LogP) is 2.63. The minimum absolute atomic E-state index is 0.106. The van der Waals surface area contributed by atoms with Crippen LogP contribution in [0.1, 0.15) is 37.6 Å². The molecule has 1 unspecified atom stereocenters. The minimum Gasteiger partial charge on any atom is -0.478 e. The van der Waals surface area contributed by atoms with Gasteiger partial charge >= 0.3 is 5.97 Å². The number of hydrogen-bond acceptors (Lipinski definition) is 5. The SMILES string of the molecule is CCOCCOC(=O)C(CC)Oc1ccccc1C(C)=O. The molecule has 0 heterocycles. The summed E-state index contributed by atoms with van der Waals surface area (Å²) < 4.78 is 15.8. The van der Waals surface area contributed by atoms with Crippen LogP contribution in [0.3, 0.4) is 0 Å². The summed E-state index contributed by atoms with van der Waals surface area (Å²) in [6, 6.07) is 6.86. The highest BCUT2D eigenvalue weighted by atomic mass is 16.6. The lowest BCUT2D eigenvalue weighted by molar-refractivity contribution is -0.153. The third-order valence-electron chi connectivity index (χ3n) is 2.85. The van der Waals surface area contributed by atoms with Crippen molar-refractivity contribution in [2.45, 2.75) is 33.3 Å². The van der Waals surface area contributed by atoms with Crippen LogP contribution in [0.4, 0.5) is 0 Å². The number of ether oxygens (including phenoxy) is 3. The second-order valence-electron chi connectivity index (χ2n) is 4.43. The molecule has 0 radical (unpaired) electrons. The zero-order valence-corrected chi connectivity index (χ0v) is 12.8. The van der Waals surface area contributed by atoms with Crippen LogP contribution in [-0.4, -0.2) is 37.7 Å². The Bertz CT molecular complexity index is 469. The van der Waals surface area contributed by atoms with E-state index < -0.39 is 12.1 Å². The number of benzene rings is 1. The summed E-state index contributed by atoms with van der Waals surface area (Å²) in [5, 5.41) is 0. The van der Waals surface area contributed by atoms with E-state index in [-0.39, 0.29) is 12.4 Å². The number of hydrogen-bond donors (Lipinski definition) is 0. The molecule has 0 aliphatic carbocycles. The average molecular weight is 294 g/mol. The number of carbonyl (C=O) groups excluding carboxylic acids is 2. The summed E-state index contributed by atoms with van der Waals surface area (Å²) >= 11 is 0. The number of para-hydroxylation sites is 1. The highest BCUT2D eigenvalue weighted by Crippen LogP contribution is 2.21. The lowest BCUT2D eigenvalue weighted by Gasteiger charge is -2.18. The van der Waals surface area contributed by atoms with E-state index in [2.05, 4.69) is 0 Å². The van der Waals surface area contributed by atoms with Crippen molar-refractivity contribution >= 4 is 11.8 Å². The zero-order valence-electron chi connectivity index (χ0n) is 12.8. The molecule has 1 aromatic rings. The van der Waals surface area contributed by atoms with Gasteiger partial charge in [-0.1, -0.05) is 19.1 Å². The molecular formula is C16H22O5. The fraction of sp³-hybridized carbons (Fsp3) is 0.500. The van der Waals surface area contributed by atoms with Gasteiger partial charge in [0.1, 0.15) is 12.4 Å². The molecule has 1 rings (SSSR count). The van der Waals surface area contributed by atoms with Crippen LogP contribution in [0.25, 0.3) is 0 Å². The number of rotatable bonds is 9. The first-order chi connectivity index (χ1) is 10.1. The van der Waals surface area contributed by atoms with Gasteiger partial charge < -0.3 is 14.2 Å². The maximum atomic E-state index is 11.9. The molecular weight excluding hydrogens is 272 g/mol. The molecule has 0 amide bonds. The molecule has 0 bridgehead atoms. The third kappa shape index (κ3) is 5.55. The Hall–Kier alpha value is -1.88. The van der Waals surface area contributed by atoms with Crippen molar-refractivity contribution in [3.8, 4) is 5.75 Å². The van der Waals surface area contributed by atoms with Crippen LogP contribution in [0.2, 0.25) is 0 Å². The van der Waals surface area contributed by atoms with Gasteiger partial charge in [-0.15, -0.1) is 0 Å². The van der Waals surface area contributed by atoms with Gasteiger partial charge in [-0.3, -0.25) is 4.79 Å². The number of Topliss-reactive ketones (excluding diaryl/α,β-unsaturated/α-hetero) is 1. The molecule has 1 aromatic carbocycles. The van der Waals surface area contributed by atoms with Crippen molar-refractivity contribution in [2.75, 3.05) is 19.8 Å². The van der Waals surface area contributed by atoms with E-state index in [4.69, 9.17) is 14.2 Å². The van der Waals surface area contributed by atoms with Crippen LogP contribution in [0.15, 0.2) is 24.3 Å². The maximum absolute atomic E-state index is 11.9. The molecule has 0 fully saturated rings. The molecule has 5 nitrogen and oxygen atoms in total. The topological polar surface area (TPSA) is 61.8 Å². The van der Waals surface area contributed by atoms with Crippen LogP contribution < -0.4 is 4.74 Å². The summed E-state index contributed by atoms with van der Waals surface area (Å²) in [4.78, 5) is 23.5. The van der Waals surface area contributed by atoms with Gasteiger partial charge in [-0.05, 0) is 32.4 Å². The van der Waals surface area contributed by atoms with Crippen molar-refractivity contribution in [2.24, 2.45) is 0 Å². The van der Waals surface area contributed by atoms with E-state index in [0.29, 0.717) is 30.9 Å². The van der Waals surface area contributed by atoms with Gasteiger partial charge in [0, 0.05) is 6.61 Å². The van der Waals surface area contributed by atoms with Crippen molar-refractivity contribution in [3.05, 3.63) is 29.8 Å². The van der Waals surface area contributed by atoms with E-state index in [1.54, 1.807) is 24.3 Å². The summed E-state index contributed by atoms with van der Waals surface area (Å²) in [5.74, 6) is -0.153. The van der Waals surface area contributed by atoms with E-state index in [0.717, 1.165) is 0 Å². The zero-order chi connectivity index (χ0) is 15.7. The molecule has 0 spiro atoms. The maximum Gasteiger partial charge on any atom is 0.347 e. The fourth-order valence-corrected chi connectivity index (χ4v) is 1.75. The Morgan fingerprint density at radius 1 is 1.14 bits per heavy atom. The van der Waals surface area contributed by atoms with E-state index in [1.165, 1.54) is 6.92 Å². The van der Waals surface area contributed by atoms with Crippen molar-refractivity contribution < 1.29 is 23.8 Å². The average Bonchev–Trinajstić information content (AvgIpc) is 2.49. The molecule has 0 aromatic heterocycles. The highest BCUT2D eigenvalue weighted by Gasteiger charge is 2.21. The molecule has 116 valence electrons. The first-order valence-electron chi connectivity index (χ1n) is 7.11. The largest absolute Gasteiger partial charge is 0.478 e. The second kappa shape index (κ2) is 9.13. The van der Waals surface area contributed by atoms with Crippen molar-refractivity contribution in [1.82, 2.24) is 0 Å². The van der Waals surface area contributed by atoms with Crippen LogP contribution in [-0.2, 0) is 14.3 Å². The van der Waals surface area contributed by atoms with Gasteiger partial charge in [0.05, 0.1) is 12.2 Å². The second-order valence-corrected chi connectivity index (χ2v) is 4.43. The third-order valence-corrected chi connectivity index (χ3v) is 2.85. The Balaban J connectivity index is 2.65. The Morgan fingerprint density at radius 3 is 2.48 bits per heavy atom. The molecule has 21 heavy (non-hydrogen) atoms.